The van der Waals surface area contributed by atoms with Crippen LogP contribution in [0.25, 0.3) is 0 Å². The van der Waals surface area contributed by atoms with Gasteiger partial charge in [0.2, 0.25) is 0 Å². The standard InChI is InChI=1S/C23H26ClN5O3S/c1-4-28-21(20(13-15(2)3)25-22(30)18-7-5-6-8-19(18)24)26-27-23(28)33-14-16-9-11-17(12-10-16)29(31)32/h5-12,15,20H,4,13-14H2,1-3H3,(H,25,30). The van der Waals surface area contributed by atoms with Crippen molar-refractivity contribution in [1.82, 2.24) is 20.1 Å². The predicted octanol–water partition coefficient (Wildman–Crippen LogP) is 5.67. The number of benzene rings is 2. The lowest BCUT2D eigenvalue weighted by Gasteiger charge is -2.21. The minimum atomic E-state index is -0.414. The Morgan fingerprint density at radius 3 is 2.48 bits per heavy atom. The minimum Gasteiger partial charge on any atom is -0.342 e. The smallest absolute Gasteiger partial charge is 0.269 e. The number of nitrogens with one attached hydrogen (secondary N) is 1. The maximum Gasteiger partial charge on any atom is 0.269 e. The van der Waals surface area contributed by atoms with Crippen LogP contribution in [0.5, 0.6) is 0 Å². The van der Waals surface area contributed by atoms with E-state index in [1.165, 1.54) is 23.9 Å². The minimum absolute atomic E-state index is 0.0635. The molecule has 0 aliphatic heterocycles. The number of hydrogen-bond acceptors (Lipinski definition) is 6. The summed E-state index contributed by atoms with van der Waals surface area (Å²) >= 11 is 7.71. The van der Waals surface area contributed by atoms with Crippen LogP contribution in [0.1, 0.15) is 55.0 Å². The van der Waals surface area contributed by atoms with Crippen LogP contribution in [0.2, 0.25) is 5.02 Å². The van der Waals surface area contributed by atoms with Gasteiger partial charge in [-0.1, -0.05) is 61.5 Å². The van der Waals surface area contributed by atoms with E-state index >= 15 is 0 Å². The molecule has 1 aromatic heterocycles. The summed E-state index contributed by atoms with van der Waals surface area (Å²) < 4.78 is 2.00. The summed E-state index contributed by atoms with van der Waals surface area (Å²) in [6.07, 6.45) is 0.696. The molecule has 0 bridgehead atoms. The predicted molar refractivity (Wildman–Crippen MR) is 129 cm³/mol. The summed E-state index contributed by atoms with van der Waals surface area (Å²) in [5.74, 6) is 1.35. The third kappa shape index (κ3) is 6.33. The van der Waals surface area contributed by atoms with Gasteiger partial charge < -0.3 is 9.88 Å². The van der Waals surface area contributed by atoms with E-state index in [-0.39, 0.29) is 17.6 Å². The number of aromatic nitrogens is 3. The Labute approximate surface area is 201 Å². The van der Waals surface area contributed by atoms with Crippen molar-refractivity contribution in [1.29, 1.82) is 0 Å². The van der Waals surface area contributed by atoms with E-state index in [9.17, 15) is 14.9 Å². The Morgan fingerprint density at radius 2 is 1.88 bits per heavy atom. The van der Waals surface area contributed by atoms with Gasteiger partial charge in [0.05, 0.1) is 21.6 Å². The van der Waals surface area contributed by atoms with Crippen molar-refractivity contribution in [3.05, 3.63) is 80.6 Å². The Kier molecular flexibility index (Phi) is 8.46. The fraction of sp³-hybridized carbons (Fsp3) is 0.348. The number of rotatable bonds is 10. The number of amides is 1. The van der Waals surface area contributed by atoms with E-state index in [0.29, 0.717) is 41.0 Å². The summed E-state index contributed by atoms with van der Waals surface area (Å²) in [7, 11) is 0. The largest absolute Gasteiger partial charge is 0.342 e. The molecule has 3 aromatic rings. The number of thioether (sulfide) groups is 1. The van der Waals surface area contributed by atoms with Gasteiger partial charge in [-0.05, 0) is 37.0 Å². The zero-order chi connectivity index (χ0) is 24.0. The molecule has 1 heterocycles. The van der Waals surface area contributed by atoms with E-state index in [4.69, 9.17) is 11.6 Å². The first kappa shape index (κ1) is 24.7. The Hall–Kier alpha value is -2.91. The van der Waals surface area contributed by atoms with Gasteiger partial charge >= 0.3 is 0 Å². The first-order chi connectivity index (χ1) is 15.8. The van der Waals surface area contributed by atoms with Crippen molar-refractivity contribution in [2.24, 2.45) is 5.92 Å². The first-order valence-corrected chi connectivity index (χ1v) is 12.0. The summed E-state index contributed by atoms with van der Waals surface area (Å²) in [6, 6.07) is 13.1. The number of nitrogens with zero attached hydrogens (tertiary/aromatic N) is 4. The maximum absolute atomic E-state index is 12.9. The normalized spacial score (nSPS) is 12.0. The molecule has 0 aliphatic rings. The zero-order valence-electron chi connectivity index (χ0n) is 18.7. The van der Waals surface area contributed by atoms with Crippen molar-refractivity contribution in [3.63, 3.8) is 0 Å². The van der Waals surface area contributed by atoms with Crippen LogP contribution in [0.4, 0.5) is 5.69 Å². The highest BCUT2D eigenvalue weighted by atomic mass is 35.5. The molecular formula is C23H26ClN5O3S. The molecule has 1 amide bonds. The highest BCUT2D eigenvalue weighted by Gasteiger charge is 2.25. The van der Waals surface area contributed by atoms with Crippen molar-refractivity contribution >= 4 is 35.0 Å². The quantitative estimate of drug-likeness (QED) is 0.224. The monoisotopic (exact) mass is 487 g/mol. The molecule has 1 atom stereocenters. The summed E-state index contributed by atoms with van der Waals surface area (Å²) in [4.78, 5) is 23.3. The lowest BCUT2D eigenvalue weighted by Crippen LogP contribution is -2.31. The number of carbonyl (C=O) groups excluding carboxylic acids is 1. The molecule has 3 rings (SSSR count). The third-order valence-electron chi connectivity index (χ3n) is 5.02. The highest BCUT2D eigenvalue weighted by molar-refractivity contribution is 7.98. The molecule has 8 nitrogen and oxygen atoms in total. The second kappa shape index (κ2) is 11.3. The van der Waals surface area contributed by atoms with E-state index in [1.54, 1.807) is 36.4 Å². The molecule has 1 unspecified atom stereocenters. The van der Waals surface area contributed by atoms with Gasteiger partial charge in [-0.2, -0.15) is 0 Å². The second-order valence-electron chi connectivity index (χ2n) is 7.93. The average molecular weight is 488 g/mol. The van der Waals surface area contributed by atoms with Crippen molar-refractivity contribution in [3.8, 4) is 0 Å². The van der Waals surface area contributed by atoms with Crippen molar-refractivity contribution < 1.29 is 9.72 Å². The van der Waals surface area contributed by atoms with Crippen molar-refractivity contribution in [2.75, 3.05) is 0 Å². The average Bonchev–Trinajstić information content (AvgIpc) is 3.20. The second-order valence-corrected chi connectivity index (χ2v) is 9.28. The number of non-ortho nitro benzene ring substituents is 1. The Morgan fingerprint density at radius 1 is 1.18 bits per heavy atom. The Balaban J connectivity index is 1.79. The SMILES string of the molecule is CCn1c(SCc2ccc([N+](=O)[O-])cc2)nnc1C(CC(C)C)NC(=O)c1ccccc1Cl. The van der Waals surface area contributed by atoms with Gasteiger partial charge in [0, 0.05) is 24.4 Å². The van der Waals surface area contributed by atoms with Gasteiger partial charge in [-0.15, -0.1) is 10.2 Å². The summed E-state index contributed by atoms with van der Waals surface area (Å²) in [5.41, 5.74) is 1.43. The van der Waals surface area contributed by atoms with E-state index in [1.807, 2.05) is 11.5 Å². The fourth-order valence-corrected chi connectivity index (χ4v) is 4.59. The molecule has 174 valence electrons. The number of nitro benzene ring substituents is 1. The number of nitro groups is 1. The van der Waals surface area contributed by atoms with Crippen molar-refractivity contribution in [2.45, 2.75) is 50.7 Å². The van der Waals surface area contributed by atoms with Gasteiger partial charge in [-0.3, -0.25) is 14.9 Å². The van der Waals surface area contributed by atoms with Gasteiger partial charge in [0.1, 0.15) is 0 Å². The van der Waals surface area contributed by atoms with E-state index < -0.39 is 4.92 Å². The number of carbonyl (C=O) groups is 1. The van der Waals surface area contributed by atoms with Crippen LogP contribution < -0.4 is 5.32 Å². The molecule has 10 heteroatoms. The van der Waals surface area contributed by atoms with Gasteiger partial charge in [-0.25, -0.2) is 0 Å². The van der Waals surface area contributed by atoms with Crippen LogP contribution in [0.15, 0.2) is 53.7 Å². The van der Waals surface area contributed by atoms with E-state index in [2.05, 4.69) is 29.4 Å². The van der Waals surface area contributed by atoms with Crippen LogP contribution >= 0.6 is 23.4 Å². The van der Waals surface area contributed by atoms with Crippen LogP contribution in [-0.2, 0) is 12.3 Å². The lowest BCUT2D eigenvalue weighted by atomic mass is 10.0. The molecule has 0 radical (unpaired) electrons. The molecule has 0 saturated carbocycles. The molecule has 1 N–H and O–H groups in total. The molecular weight excluding hydrogens is 462 g/mol. The first-order valence-electron chi connectivity index (χ1n) is 10.6. The van der Waals surface area contributed by atoms with Crippen LogP contribution in [0.3, 0.4) is 0 Å². The highest BCUT2D eigenvalue weighted by Crippen LogP contribution is 2.28. The van der Waals surface area contributed by atoms with Crippen LogP contribution in [-0.4, -0.2) is 25.6 Å². The summed E-state index contributed by atoms with van der Waals surface area (Å²) in [6.45, 7) is 6.82. The lowest BCUT2D eigenvalue weighted by molar-refractivity contribution is -0.384. The molecule has 33 heavy (non-hydrogen) atoms. The number of hydrogen-bond donors (Lipinski definition) is 1. The van der Waals surface area contributed by atoms with Gasteiger partial charge in [0.25, 0.3) is 11.6 Å². The third-order valence-corrected chi connectivity index (χ3v) is 6.39. The van der Waals surface area contributed by atoms with E-state index in [0.717, 1.165) is 10.7 Å². The molecule has 2 aromatic carbocycles. The molecule has 0 aliphatic carbocycles. The summed E-state index contributed by atoms with van der Waals surface area (Å²) in [5, 5.41) is 23.8. The molecule has 0 fully saturated rings. The maximum atomic E-state index is 12.9. The van der Waals surface area contributed by atoms with Gasteiger partial charge in [0.15, 0.2) is 11.0 Å². The topological polar surface area (TPSA) is 103 Å². The Bertz CT molecular complexity index is 1120. The van der Waals surface area contributed by atoms with Crippen LogP contribution in [0, 0.1) is 16.0 Å². The fourth-order valence-electron chi connectivity index (χ4n) is 3.41. The number of halogens is 1. The molecule has 0 spiro atoms. The molecule has 0 saturated heterocycles. The zero-order valence-corrected chi connectivity index (χ0v) is 20.3.